The Morgan fingerprint density at radius 3 is 3.08 bits per heavy atom. The molecule has 1 rings (SSSR count). The average Bonchev–Trinajstić information content (AvgIpc) is 2.10. The van der Waals surface area contributed by atoms with Crippen LogP contribution in [0.2, 0.25) is 0 Å². The number of hydrogen-bond acceptors (Lipinski definition) is 3. The number of nitrogens with zero attached hydrogens (tertiary/aromatic N) is 1. The molecule has 0 spiro atoms. The van der Waals surface area contributed by atoms with Crippen LogP contribution in [0, 0.1) is 0 Å². The molecule has 13 heavy (non-hydrogen) atoms. The number of amides is 1. The zero-order valence-electron chi connectivity index (χ0n) is 8.29. The fourth-order valence-corrected chi connectivity index (χ4v) is 1.75. The van der Waals surface area contributed by atoms with E-state index in [1.807, 2.05) is 13.8 Å². The maximum absolute atomic E-state index is 11.3. The number of aliphatic hydroxyl groups is 1. The quantitative estimate of drug-likeness (QED) is 0.629. The maximum Gasteiger partial charge on any atom is 0.237 e. The van der Waals surface area contributed by atoms with Gasteiger partial charge in [0.15, 0.2) is 0 Å². The van der Waals surface area contributed by atoms with E-state index in [-0.39, 0.29) is 24.6 Å². The van der Waals surface area contributed by atoms with Crippen LogP contribution in [0.1, 0.15) is 20.3 Å². The first-order valence-corrected chi connectivity index (χ1v) is 4.81. The van der Waals surface area contributed by atoms with Crippen molar-refractivity contribution >= 4 is 5.91 Å². The van der Waals surface area contributed by atoms with E-state index in [1.54, 1.807) is 0 Å². The molecule has 1 amide bonds. The van der Waals surface area contributed by atoms with Gasteiger partial charge in [0.25, 0.3) is 0 Å². The standard InChI is InChI=1S/C9H18N2O2/c1-7(3-6-12)11-5-4-10-9(13)8(11)2/h7-8,12H,3-6H2,1-2H3,(H,10,13). The molecule has 0 radical (unpaired) electrons. The molecule has 2 N–H and O–H groups in total. The van der Waals surface area contributed by atoms with Gasteiger partial charge < -0.3 is 10.4 Å². The summed E-state index contributed by atoms with van der Waals surface area (Å²) in [5.74, 6) is 0.0936. The normalized spacial score (nSPS) is 27.0. The van der Waals surface area contributed by atoms with Gasteiger partial charge in [0.05, 0.1) is 6.04 Å². The van der Waals surface area contributed by atoms with Crippen molar-refractivity contribution in [3.63, 3.8) is 0 Å². The van der Waals surface area contributed by atoms with Crippen LogP contribution in [0.15, 0.2) is 0 Å². The molecule has 4 nitrogen and oxygen atoms in total. The van der Waals surface area contributed by atoms with E-state index in [2.05, 4.69) is 10.2 Å². The molecule has 0 saturated carbocycles. The van der Waals surface area contributed by atoms with Gasteiger partial charge in [-0.1, -0.05) is 0 Å². The third kappa shape index (κ3) is 2.42. The molecule has 2 unspecified atom stereocenters. The molecule has 0 aliphatic carbocycles. The van der Waals surface area contributed by atoms with Gasteiger partial charge in [-0.15, -0.1) is 0 Å². The van der Waals surface area contributed by atoms with E-state index < -0.39 is 0 Å². The molecule has 0 aromatic carbocycles. The van der Waals surface area contributed by atoms with Crippen molar-refractivity contribution in [3.8, 4) is 0 Å². The van der Waals surface area contributed by atoms with E-state index in [0.29, 0.717) is 0 Å². The van der Waals surface area contributed by atoms with E-state index in [9.17, 15) is 4.79 Å². The van der Waals surface area contributed by atoms with E-state index >= 15 is 0 Å². The average molecular weight is 186 g/mol. The Bertz CT molecular complexity index is 184. The molecule has 1 aliphatic rings. The summed E-state index contributed by atoms with van der Waals surface area (Å²) in [7, 11) is 0. The Hall–Kier alpha value is -0.610. The number of piperazine rings is 1. The van der Waals surface area contributed by atoms with Gasteiger partial charge in [0.1, 0.15) is 0 Å². The lowest BCUT2D eigenvalue weighted by molar-refractivity contribution is -0.129. The Kier molecular flexibility index (Phi) is 3.69. The monoisotopic (exact) mass is 186 g/mol. The Morgan fingerprint density at radius 1 is 1.77 bits per heavy atom. The first-order chi connectivity index (χ1) is 6.16. The van der Waals surface area contributed by atoms with Crippen molar-refractivity contribution in [1.29, 1.82) is 0 Å². The van der Waals surface area contributed by atoms with Gasteiger partial charge in [0.2, 0.25) is 5.91 Å². The van der Waals surface area contributed by atoms with Crippen molar-refractivity contribution in [1.82, 2.24) is 10.2 Å². The van der Waals surface area contributed by atoms with Crippen molar-refractivity contribution in [2.24, 2.45) is 0 Å². The lowest BCUT2D eigenvalue weighted by atomic mass is 10.1. The van der Waals surface area contributed by atoms with Gasteiger partial charge >= 0.3 is 0 Å². The molecular weight excluding hydrogens is 168 g/mol. The van der Waals surface area contributed by atoms with Gasteiger partial charge in [-0.05, 0) is 20.3 Å². The highest BCUT2D eigenvalue weighted by molar-refractivity contribution is 5.82. The number of hydrogen-bond donors (Lipinski definition) is 2. The summed E-state index contributed by atoms with van der Waals surface area (Å²) in [6, 6.07) is 0.223. The van der Waals surface area contributed by atoms with E-state index in [1.165, 1.54) is 0 Å². The van der Waals surface area contributed by atoms with Gasteiger partial charge in [-0.25, -0.2) is 0 Å². The van der Waals surface area contributed by atoms with Crippen LogP contribution in [0.3, 0.4) is 0 Å². The minimum Gasteiger partial charge on any atom is -0.396 e. The number of carbonyl (C=O) groups is 1. The van der Waals surface area contributed by atoms with Crippen LogP contribution in [0.5, 0.6) is 0 Å². The summed E-state index contributed by atoms with van der Waals surface area (Å²) in [4.78, 5) is 13.4. The second kappa shape index (κ2) is 4.58. The number of carbonyl (C=O) groups excluding carboxylic acids is 1. The summed E-state index contributed by atoms with van der Waals surface area (Å²) < 4.78 is 0. The van der Waals surface area contributed by atoms with Crippen molar-refractivity contribution in [3.05, 3.63) is 0 Å². The second-order valence-electron chi connectivity index (χ2n) is 3.57. The minimum absolute atomic E-state index is 0.0599. The highest BCUT2D eigenvalue weighted by Crippen LogP contribution is 2.10. The van der Waals surface area contributed by atoms with E-state index in [4.69, 9.17) is 5.11 Å². The lowest BCUT2D eigenvalue weighted by Crippen LogP contribution is -2.56. The maximum atomic E-state index is 11.3. The SMILES string of the molecule is CC(CCO)N1CCNC(=O)C1C. The third-order valence-electron chi connectivity index (χ3n) is 2.66. The van der Waals surface area contributed by atoms with E-state index in [0.717, 1.165) is 19.5 Å². The van der Waals surface area contributed by atoms with Crippen LogP contribution in [-0.2, 0) is 4.79 Å². The molecule has 1 saturated heterocycles. The van der Waals surface area contributed by atoms with Crippen LogP contribution >= 0.6 is 0 Å². The van der Waals surface area contributed by atoms with Crippen molar-refractivity contribution < 1.29 is 9.90 Å². The van der Waals surface area contributed by atoms with Gasteiger partial charge in [0, 0.05) is 25.7 Å². The summed E-state index contributed by atoms with van der Waals surface area (Å²) >= 11 is 0. The highest BCUT2D eigenvalue weighted by atomic mass is 16.3. The van der Waals surface area contributed by atoms with Crippen LogP contribution in [-0.4, -0.2) is 47.7 Å². The molecule has 1 heterocycles. The molecule has 0 aromatic rings. The van der Waals surface area contributed by atoms with Crippen LogP contribution < -0.4 is 5.32 Å². The van der Waals surface area contributed by atoms with Crippen molar-refractivity contribution in [2.45, 2.75) is 32.4 Å². The molecule has 0 aromatic heterocycles. The summed E-state index contributed by atoms with van der Waals surface area (Å²) in [5.41, 5.74) is 0. The molecule has 2 atom stereocenters. The van der Waals surface area contributed by atoms with Crippen molar-refractivity contribution in [2.75, 3.05) is 19.7 Å². The molecule has 0 bridgehead atoms. The largest absolute Gasteiger partial charge is 0.396 e. The van der Waals surface area contributed by atoms with Crippen LogP contribution in [0.4, 0.5) is 0 Å². The molecule has 76 valence electrons. The minimum atomic E-state index is -0.0599. The van der Waals surface area contributed by atoms with Crippen LogP contribution in [0.25, 0.3) is 0 Å². The zero-order chi connectivity index (χ0) is 9.84. The molecular formula is C9H18N2O2. The second-order valence-corrected chi connectivity index (χ2v) is 3.57. The Balaban J connectivity index is 2.51. The topological polar surface area (TPSA) is 52.6 Å². The fraction of sp³-hybridized carbons (Fsp3) is 0.889. The summed E-state index contributed by atoms with van der Waals surface area (Å²) in [6.45, 7) is 5.74. The molecule has 4 heteroatoms. The molecule has 1 aliphatic heterocycles. The predicted molar refractivity (Wildman–Crippen MR) is 50.3 cm³/mol. The highest BCUT2D eigenvalue weighted by Gasteiger charge is 2.28. The predicted octanol–water partition coefficient (Wildman–Crippen LogP) is -0.422. The molecule has 1 fully saturated rings. The number of rotatable bonds is 3. The first-order valence-electron chi connectivity index (χ1n) is 4.81. The third-order valence-corrected chi connectivity index (χ3v) is 2.66. The van der Waals surface area contributed by atoms with Gasteiger partial charge in [-0.3, -0.25) is 9.69 Å². The zero-order valence-corrected chi connectivity index (χ0v) is 8.29. The number of nitrogens with one attached hydrogen (secondary N) is 1. The summed E-state index contributed by atoms with van der Waals surface area (Å²) in [6.07, 6.45) is 0.734. The Labute approximate surface area is 78.9 Å². The Morgan fingerprint density at radius 2 is 2.46 bits per heavy atom. The number of aliphatic hydroxyl groups excluding tert-OH is 1. The first kappa shape index (κ1) is 10.5. The lowest BCUT2D eigenvalue weighted by Gasteiger charge is -2.37. The summed E-state index contributed by atoms with van der Waals surface area (Å²) in [5, 5.41) is 11.6. The smallest absolute Gasteiger partial charge is 0.237 e. The fourth-order valence-electron chi connectivity index (χ4n) is 1.75. The van der Waals surface area contributed by atoms with Gasteiger partial charge in [-0.2, -0.15) is 0 Å².